The molecule has 0 saturated carbocycles. The first-order chi connectivity index (χ1) is 11.6. The van der Waals surface area contributed by atoms with Gasteiger partial charge in [0.05, 0.1) is 0 Å². The number of aryl methyl sites for hydroxylation is 1. The Kier molecular flexibility index (Phi) is 4.53. The van der Waals surface area contributed by atoms with E-state index in [0.29, 0.717) is 13.0 Å². The van der Waals surface area contributed by atoms with Crippen LogP contribution in [-0.2, 0) is 21.5 Å². The normalized spacial score (nSPS) is 22.0. The molecule has 1 aliphatic heterocycles. The second-order valence-electron chi connectivity index (χ2n) is 6.19. The minimum Gasteiger partial charge on any atom is -0.354 e. The largest absolute Gasteiger partial charge is 0.354 e. The Labute approximate surface area is 140 Å². The molecule has 7 nitrogen and oxygen atoms in total. The maximum atomic E-state index is 12.9. The highest BCUT2D eigenvalue weighted by atomic mass is 16.2. The maximum Gasteiger partial charge on any atom is 0.325 e. The number of hydrogen-bond donors (Lipinski definition) is 3. The molecule has 1 unspecified atom stereocenters. The summed E-state index contributed by atoms with van der Waals surface area (Å²) in [4.78, 5) is 38.2. The molecule has 3 rings (SSSR count). The Bertz CT molecular complexity index is 676. The molecule has 0 radical (unpaired) electrons. The molecule has 1 aromatic carbocycles. The Morgan fingerprint density at radius 3 is 2.88 bits per heavy atom. The fourth-order valence-electron chi connectivity index (χ4n) is 3.43. The molecule has 0 aromatic heterocycles. The lowest BCUT2D eigenvalue weighted by molar-refractivity contribution is -0.135. The Morgan fingerprint density at radius 1 is 1.29 bits per heavy atom. The van der Waals surface area contributed by atoms with Crippen LogP contribution in [0.5, 0.6) is 0 Å². The molecule has 7 heteroatoms. The van der Waals surface area contributed by atoms with Gasteiger partial charge in [0.15, 0.2) is 0 Å². The van der Waals surface area contributed by atoms with Gasteiger partial charge in [-0.2, -0.15) is 0 Å². The maximum absolute atomic E-state index is 12.9. The lowest BCUT2D eigenvalue weighted by atomic mass is 9.92. The number of hydrogen-bond acceptors (Lipinski definition) is 4. The Morgan fingerprint density at radius 2 is 2.08 bits per heavy atom. The van der Waals surface area contributed by atoms with Crippen LogP contribution in [0.25, 0.3) is 0 Å². The van der Waals surface area contributed by atoms with Crippen molar-refractivity contribution >= 4 is 17.8 Å². The fraction of sp³-hybridized carbons (Fsp3) is 0.471. The van der Waals surface area contributed by atoms with Crippen molar-refractivity contribution in [1.82, 2.24) is 20.9 Å². The zero-order valence-electron chi connectivity index (χ0n) is 13.7. The highest BCUT2D eigenvalue weighted by Gasteiger charge is 2.55. The monoisotopic (exact) mass is 330 g/mol. The number of urea groups is 1. The van der Waals surface area contributed by atoms with Crippen molar-refractivity contribution < 1.29 is 14.4 Å². The second kappa shape index (κ2) is 6.60. The van der Waals surface area contributed by atoms with E-state index in [2.05, 4.69) is 16.0 Å². The van der Waals surface area contributed by atoms with Crippen molar-refractivity contribution in [2.75, 3.05) is 26.7 Å². The molecule has 1 fully saturated rings. The molecular formula is C17H22N4O3. The summed E-state index contributed by atoms with van der Waals surface area (Å²) in [6.07, 6.45) is 2.07. The molecule has 3 N–H and O–H groups in total. The molecule has 2 aliphatic rings. The molecule has 4 amide bonds. The fourth-order valence-corrected chi connectivity index (χ4v) is 3.43. The first-order valence-corrected chi connectivity index (χ1v) is 8.22. The molecule has 0 bridgehead atoms. The van der Waals surface area contributed by atoms with E-state index in [1.165, 1.54) is 0 Å². The molecule has 1 aliphatic carbocycles. The van der Waals surface area contributed by atoms with E-state index >= 15 is 0 Å². The van der Waals surface area contributed by atoms with Crippen LogP contribution < -0.4 is 16.0 Å². The molecule has 1 atom stereocenters. The summed E-state index contributed by atoms with van der Waals surface area (Å²) in [7, 11) is 1.84. The van der Waals surface area contributed by atoms with Gasteiger partial charge in [-0.3, -0.25) is 14.5 Å². The van der Waals surface area contributed by atoms with Crippen molar-refractivity contribution in [2.24, 2.45) is 0 Å². The number of rotatable bonds is 6. The van der Waals surface area contributed by atoms with Gasteiger partial charge < -0.3 is 16.0 Å². The van der Waals surface area contributed by atoms with Gasteiger partial charge in [0.25, 0.3) is 5.91 Å². The predicted octanol–water partition coefficient (Wildman–Crippen LogP) is 0.106. The number of fused-ring (bicyclic) bond motifs is 2. The quantitative estimate of drug-likeness (QED) is 0.510. The number of carbonyl (C=O) groups is 3. The van der Waals surface area contributed by atoms with Gasteiger partial charge >= 0.3 is 6.03 Å². The highest BCUT2D eigenvalue weighted by molar-refractivity contribution is 6.09. The summed E-state index contributed by atoms with van der Waals surface area (Å²) in [6, 6.07) is 7.14. The van der Waals surface area contributed by atoms with Gasteiger partial charge in [-0.1, -0.05) is 24.3 Å². The molecule has 128 valence electrons. The van der Waals surface area contributed by atoms with Crippen LogP contribution >= 0.6 is 0 Å². The number of benzene rings is 1. The van der Waals surface area contributed by atoms with Crippen LogP contribution in [0.15, 0.2) is 24.3 Å². The zero-order chi connectivity index (χ0) is 17.2. The molecule has 1 heterocycles. The van der Waals surface area contributed by atoms with Gasteiger partial charge in [0, 0.05) is 6.54 Å². The first-order valence-electron chi connectivity index (χ1n) is 8.22. The molecule has 1 aromatic rings. The van der Waals surface area contributed by atoms with E-state index in [-0.39, 0.29) is 18.4 Å². The minimum absolute atomic E-state index is 0.242. The van der Waals surface area contributed by atoms with E-state index < -0.39 is 11.6 Å². The van der Waals surface area contributed by atoms with E-state index in [0.717, 1.165) is 35.4 Å². The van der Waals surface area contributed by atoms with Crippen molar-refractivity contribution in [3.63, 3.8) is 0 Å². The van der Waals surface area contributed by atoms with Crippen LogP contribution in [0.2, 0.25) is 0 Å². The SMILES string of the molecule is CNCCCNC(=O)CN1C(=O)NC2(CCc3ccccc32)C1=O. The van der Waals surface area contributed by atoms with Crippen LogP contribution in [0, 0.1) is 0 Å². The molecular weight excluding hydrogens is 308 g/mol. The third-order valence-corrected chi connectivity index (χ3v) is 4.65. The van der Waals surface area contributed by atoms with Crippen molar-refractivity contribution in [1.29, 1.82) is 0 Å². The van der Waals surface area contributed by atoms with Crippen molar-refractivity contribution in [3.8, 4) is 0 Å². The average molecular weight is 330 g/mol. The summed E-state index contributed by atoms with van der Waals surface area (Å²) in [5.41, 5.74) is 0.921. The summed E-state index contributed by atoms with van der Waals surface area (Å²) >= 11 is 0. The van der Waals surface area contributed by atoms with E-state index in [1.54, 1.807) is 0 Å². The van der Waals surface area contributed by atoms with Crippen LogP contribution in [0.3, 0.4) is 0 Å². The highest BCUT2D eigenvalue weighted by Crippen LogP contribution is 2.41. The van der Waals surface area contributed by atoms with Crippen molar-refractivity contribution in [2.45, 2.75) is 24.8 Å². The Balaban J connectivity index is 1.68. The third-order valence-electron chi connectivity index (χ3n) is 4.65. The summed E-state index contributed by atoms with van der Waals surface area (Å²) < 4.78 is 0. The van der Waals surface area contributed by atoms with E-state index in [4.69, 9.17) is 0 Å². The number of amides is 4. The molecule has 24 heavy (non-hydrogen) atoms. The number of nitrogens with zero attached hydrogens (tertiary/aromatic N) is 1. The Hall–Kier alpha value is -2.41. The minimum atomic E-state index is -1.000. The average Bonchev–Trinajstić information content (AvgIpc) is 3.06. The summed E-state index contributed by atoms with van der Waals surface area (Å²) in [6.45, 7) is 1.06. The van der Waals surface area contributed by atoms with Gasteiger partial charge in [0.1, 0.15) is 12.1 Å². The zero-order valence-corrected chi connectivity index (χ0v) is 13.7. The second-order valence-corrected chi connectivity index (χ2v) is 6.19. The smallest absolute Gasteiger partial charge is 0.325 e. The first kappa shape index (κ1) is 16.4. The standard InChI is InChI=1S/C17H22N4O3/c1-18-9-4-10-19-14(22)11-21-15(23)17(20-16(21)24)8-7-12-5-2-3-6-13(12)17/h2-3,5-6,18H,4,7-11H2,1H3,(H,19,22)(H,20,24). The van der Waals surface area contributed by atoms with Crippen molar-refractivity contribution in [3.05, 3.63) is 35.4 Å². The molecule has 1 spiro atoms. The third kappa shape index (κ3) is 2.75. The number of imide groups is 1. The van der Waals surface area contributed by atoms with Gasteiger partial charge in [-0.05, 0) is 44.0 Å². The lowest BCUT2D eigenvalue weighted by Crippen LogP contribution is -2.44. The van der Waals surface area contributed by atoms with Crippen LogP contribution in [0.4, 0.5) is 4.79 Å². The van der Waals surface area contributed by atoms with Crippen LogP contribution in [-0.4, -0.2) is 49.4 Å². The predicted molar refractivity (Wildman–Crippen MR) is 88.2 cm³/mol. The number of nitrogens with one attached hydrogen (secondary N) is 3. The topological polar surface area (TPSA) is 90.5 Å². The summed E-state index contributed by atoms with van der Waals surface area (Å²) in [5.74, 6) is -0.652. The van der Waals surface area contributed by atoms with Gasteiger partial charge in [0.2, 0.25) is 5.91 Å². The van der Waals surface area contributed by atoms with E-state index in [1.807, 2.05) is 31.3 Å². The van der Waals surface area contributed by atoms with Gasteiger partial charge in [-0.15, -0.1) is 0 Å². The lowest BCUT2D eigenvalue weighted by Gasteiger charge is -2.22. The molecule has 1 saturated heterocycles. The van der Waals surface area contributed by atoms with Crippen LogP contribution in [0.1, 0.15) is 24.0 Å². The van der Waals surface area contributed by atoms with Gasteiger partial charge in [-0.25, -0.2) is 4.79 Å². The van der Waals surface area contributed by atoms with E-state index in [9.17, 15) is 14.4 Å². The number of carbonyl (C=O) groups excluding carboxylic acids is 3. The summed E-state index contributed by atoms with van der Waals surface area (Å²) in [5, 5.41) is 8.54.